The maximum absolute atomic E-state index is 10.9. The van der Waals surface area contributed by atoms with Crippen molar-refractivity contribution in [2.75, 3.05) is 0 Å². The number of ketones is 1. The first-order valence-electron chi connectivity index (χ1n) is 3.96. The van der Waals surface area contributed by atoms with Gasteiger partial charge in [0.05, 0.1) is 0 Å². The van der Waals surface area contributed by atoms with E-state index in [1.165, 1.54) is 0 Å². The van der Waals surface area contributed by atoms with Gasteiger partial charge in [0, 0.05) is 12.0 Å². The highest BCUT2D eigenvalue weighted by atomic mass is 35.5. The van der Waals surface area contributed by atoms with Gasteiger partial charge in [0.25, 0.3) is 0 Å². The normalized spacial score (nSPS) is 30.7. The van der Waals surface area contributed by atoms with Crippen molar-refractivity contribution in [1.82, 2.24) is 0 Å². The molecule has 0 radical (unpaired) electrons. The van der Waals surface area contributed by atoms with Gasteiger partial charge in [0.2, 0.25) is 0 Å². The van der Waals surface area contributed by atoms with Gasteiger partial charge in [-0.3, -0.25) is 4.79 Å². The third-order valence-corrected chi connectivity index (χ3v) is 2.35. The van der Waals surface area contributed by atoms with Gasteiger partial charge < -0.3 is 5.73 Å². The van der Waals surface area contributed by atoms with Crippen molar-refractivity contribution in [1.29, 1.82) is 0 Å². The average molecular weight is 178 g/mol. The molecule has 1 aliphatic rings. The molecule has 1 saturated carbocycles. The second-order valence-electron chi connectivity index (χ2n) is 3.22. The Hall–Kier alpha value is -0.0800. The van der Waals surface area contributed by atoms with Crippen molar-refractivity contribution in [3.8, 4) is 0 Å². The second-order valence-corrected chi connectivity index (χ2v) is 3.22. The van der Waals surface area contributed by atoms with Gasteiger partial charge in [0.15, 0.2) is 0 Å². The quantitative estimate of drug-likeness (QED) is 0.660. The summed E-state index contributed by atoms with van der Waals surface area (Å²) in [5.74, 6) is 0.659. The topological polar surface area (TPSA) is 43.1 Å². The van der Waals surface area contributed by atoms with Crippen molar-refractivity contribution < 1.29 is 4.79 Å². The average Bonchev–Trinajstić information content (AvgIpc) is 1.88. The molecule has 0 atom stereocenters. The molecule has 11 heavy (non-hydrogen) atoms. The number of nitrogens with two attached hydrogens (primary N) is 1. The molecular formula is C8H16ClNO. The fraction of sp³-hybridized carbons (Fsp3) is 0.875. The highest BCUT2D eigenvalue weighted by molar-refractivity contribution is 5.85. The molecule has 66 valence electrons. The molecule has 0 aromatic rings. The number of Topliss-reactive ketones (excluding diaryl/α,β-unsaturated/α-hetero) is 1. The lowest BCUT2D eigenvalue weighted by Crippen LogP contribution is -2.28. The third-order valence-electron chi connectivity index (χ3n) is 2.35. The van der Waals surface area contributed by atoms with E-state index in [4.69, 9.17) is 5.73 Å². The van der Waals surface area contributed by atoms with Gasteiger partial charge in [-0.2, -0.15) is 0 Å². The van der Waals surface area contributed by atoms with Crippen LogP contribution in [0.3, 0.4) is 0 Å². The zero-order valence-corrected chi connectivity index (χ0v) is 7.69. The van der Waals surface area contributed by atoms with E-state index in [0.717, 1.165) is 25.7 Å². The molecule has 3 heteroatoms. The number of halogens is 1. The zero-order chi connectivity index (χ0) is 7.56. The zero-order valence-electron chi connectivity index (χ0n) is 6.88. The smallest absolute Gasteiger partial charge is 0.132 e. The van der Waals surface area contributed by atoms with Crippen LogP contribution in [0.25, 0.3) is 0 Å². The van der Waals surface area contributed by atoms with Crippen LogP contribution in [-0.4, -0.2) is 11.8 Å². The molecule has 0 heterocycles. The summed E-state index contributed by atoms with van der Waals surface area (Å²) in [4.78, 5) is 10.9. The van der Waals surface area contributed by atoms with E-state index in [0.29, 0.717) is 17.7 Å². The van der Waals surface area contributed by atoms with Gasteiger partial charge in [-0.05, 0) is 32.6 Å². The summed E-state index contributed by atoms with van der Waals surface area (Å²) in [6, 6.07) is 0.357. The number of rotatable bonds is 1. The molecular weight excluding hydrogens is 162 g/mol. The maximum Gasteiger partial charge on any atom is 0.132 e. The Balaban J connectivity index is 0.000001000. The van der Waals surface area contributed by atoms with Crippen molar-refractivity contribution >= 4 is 18.2 Å². The van der Waals surface area contributed by atoms with Crippen molar-refractivity contribution in [3.05, 3.63) is 0 Å². The molecule has 1 aliphatic carbocycles. The molecule has 0 bridgehead atoms. The number of carbonyl (C=O) groups is 1. The molecule has 0 aliphatic heterocycles. The highest BCUT2D eigenvalue weighted by Crippen LogP contribution is 2.23. The van der Waals surface area contributed by atoms with Crippen LogP contribution in [0, 0.1) is 5.92 Å². The van der Waals surface area contributed by atoms with E-state index >= 15 is 0 Å². The summed E-state index contributed by atoms with van der Waals surface area (Å²) in [5.41, 5.74) is 5.69. The predicted octanol–water partition coefficient (Wildman–Crippen LogP) is 1.51. The minimum Gasteiger partial charge on any atom is -0.328 e. The van der Waals surface area contributed by atoms with Crippen LogP contribution in [0.2, 0.25) is 0 Å². The largest absolute Gasteiger partial charge is 0.328 e. The van der Waals surface area contributed by atoms with E-state index in [2.05, 4.69) is 0 Å². The van der Waals surface area contributed by atoms with Gasteiger partial charge in [0.1, 0.15) is 5.78 Å². The molecule has 0 saturated heterocycles. The molecule has 2 N–H and O–H groups in total. The van der Waals surface area contributed by atoms with E-state index in [1.807, 2.05) is 0 Å². The summed E-state index contributed by atoms with van der Waals surface area (Å²) in [7, 11) is 0. The van der Waals surface area contributed by atoms with Crippen LogP contribution in [0.1, 0.15) is 32.6 Å². The van der Waals surface area contributed by atoms with Gasteiger partial charge in [-0.1, -0.05) is 0 Å². The van der Waals surface area contributed by atoms with Gasteiger partial charge in [-0.25, -0.2) is 0 Å². The third kappa shape index (κ3) is 3.21. The first-order valence-corrected chi connectivity index (χ1v) is 3.96. The van der Waals surface area contributed by atoms with Crippen molar-refractivity contribution in [3.63, 3.8) is 0 Å². The minimum atomic E-state index is 0. The SMILES string of the molecule is CC(=O)[C@H]1CC[C@@H](N)CC1.Cl. The number of hydrogen-bond donors (Lipinski definition) is 1. The molecule has 0 unspecified atom stereocenters. The number of carbonyl (C=O) groups excluding carboxylic acids is 1. The maximum atomic E-state index is 10.9. The lowest BCUT2D eigenvalue weighted by molar-refractivity contribution is -0.121. The Kier molecular flexibility index (Phi) is 4.69. The standard InChI is InChI=1S/C8H15NO.ClH/c1-6(10)7-2-4-8(9)5-3-7;/h7-8H,2-5,9H2,1H3;1H/t7-,8+;. The predicted molar refractivity (Wildman–Crippen MR) is 47.9 cm³/mol. The second kappa shape index (κ2) is 4.73. The van der Waals surface area contributed by atoms with E-state index in [-0.39, 0.29) is 12.4 Å². The van der Waals surface area contributed by atoms with Gasteiger partial charge in [-0.15, -0.1) is 12.4 Å². The first-order chi connectivity index (χ1) is 4.70. The monoisotopic (exact) mass is 177 g/mol. The lowest BCUT2D eigenvalue weighted by atomic mass is 9.84. The Labute approximate surface area is 73.9 Å². The van der Waals surface area contributed by atoms with Crippen LogP contribution in [0.4, 0.5) is 0 Å². The molecule has 2 nitrogen and oxygen atoms in total. The van der Waals surface area contributed by atoms with Crippen LogP contribution >= 0.6 is 12.4 Å². The lowest BCUT2D eigenvalue weighted by Gasteiger charge is -2.23. The summed E-state index contributed by atoms with van der Waals surface area (Å²) in [6.45, 7) is 1.68. The van der Waals surface area contributed by atoms with Gasteiger partial charge >= 0.3 is 0 Å². The Morgan fingerprint density at radius 3 is 2.09 bits per heavy atom. The molecule has 0 amide bonds. The molecule has 0 spiro atoms. The Bertz CT molecular complexity index is 130. The minimum absolute atomic E-state index is 0. The summed E-state index contributed by atoms with van der Waals surface area (Å²) in [6.07, 6.45) is 4.08. The van der Waals surface area contributed by atoms with E-state index < -0.39 is 0 Å². The van der Waals surface area contributed by atoms with Crippen LogP contribution in [-0.2, 0) is 4.79 Å². The molecule has 1 rings (SSSR count). The highest BCUT2D eigenvalue weighted by Gasteiger charge is 2.21. The van der Waals surface area contributed by atoms with E-state index in [1.54, 1.807) is 6.92 Å². The van der Waals surface area contributed by atoms with Crippen LogP contribution in [0.5, 0.6) is 0 Å². The summed E-state index contributed by atoms with van der Waals surface area (Å²) < 4.78 is 0. The first kappa shape index (κ1) is 10.9. The Morgan fingerprint density at radius 2 is 1.73 bits per heavy atom. The van der Waals surface area contributed by atoms with Crippen LogP contribution in [0.15, 0.2) is 0 Å². The van der Waals surface area contributed by atoms with Crippen molar-refractivity contribution in [2.24, 2.45) is 11.7 Å². The summed E-state index contributed by atoms with van der Waals surface area (Å²) in [5, 5.41) is 0. The Morgan fingerprint density at radius 1 is 1.27 bits per heavy atom. The molecule has 1 fully saturated rings. The number of hydrogen-bond acceptors (Lipinski definition) is 2. The van der Waals surface area contributed by atoms with E-state index in [9.17, 15) is 4.79 Å². The summed E-state index contributed by atoms with van der Waals surface area (Å²) >= 11 is 0. The molecule has 0 aromatic carbocycles. The van der Waals surface area contributed by atoms with Crippen LogP contribution < -0.4 is 5.73 Å². The fourth-order valence-electron chi connectivity index (χ4n) is 1.53. The molecule has 0 aromatic heterocycles. The van der Waals surface area contributed by atoms with Crippen molar-refractivity contribution in [2.45, 2.75) is 38.6 Å². The fourth-order valence-corrected chi connectivity index (χ4v) is 1.53.